The van der Waals surface area contributed by atoms with E-state index in [2.05, 4.69) is 20.9 Å². The van der Waals surface area contributed by atoms with E-state index in [-0.39, 0.29) is 22.5 Å². The van der Waals surface area contributed by atoms with Gasteiger partial charge in [0, 0.05) is 4.47 Å². The van der Waals surface area contributed by atoms with Crippen LogP contribution in [0.2, 0.25) is 10.3 Å². The Morgan fingerprint density at radius 3 is 2.32 bits per heavy atom. The highest BCUT2D eigenvalue weighted by Gasteiger charge is 2.10. The fourth-order valence-electron chi connectivity index (χ4n) is 1.40. The molecule has 3 nitrogen and oxygen atoms in total. The summed E-state index contributed by atoms with van der Waals surface area (Å²) in [6, 6.07) is 10.3. The van der Waals surface area contributed by atoms with Gasteiger partial charge in [0.15, 0.2) is 0 Å². The number of benzene rings is 1. The summed E-state index contributed by atoms with van der Waals surface area (Å²) in [5, 5.41) is 0.311. The highest BCUT2D eigenvalue weighted by Crippen LogP contribution is 2.16. The Kier molecular flexibility index (Phi) is 4.80. The summed E-state index contributed by atoms with van der Waals surface area (Å²) in [4.78, 5) is 15.6. The van der Waals surface area contributed by atoms with Crippen LogP contribution >= 0.6 is 39.1 Å². The van der Waals surface area contributed by atoms with Gasteiger partial charge in [-0.25, -0.2) is 9.78 Å². The molecule has 0 atom stereocenters. The zero-order chi connectivity index (χ0) is 13.8. The third-order valence-electron chi connectivity index (χ3n) is 2.28. The standard InChI is InChI=1S/C13H8BrCl2NO2/c14-10-3-1-8(2-4-10)7-19-13(18)9-5-11(15)17-12(16)6-9/h1-6H,7H2. The van der Waals surface area contributed by atoms with E-state index < -0.39 is 5.97 Å². The van der Waals surface area contributed by atoms with E-state index in [9.17, 15) is 4.79 Å². The molecule has 2 rings (SSSR count). The van der Waals surface area contributed by atoms with Crippen molar-refractivity contribution in [1.82, 2.24) is 4.98 Å². The van der Waals surface area contributed by atoms with E-state index in [0.29, 0.717) is 0 Å². The van der Waals surface area contributed by atoms with Crippen molar-refractivity contribution in [2.45, 2.75) is 6.61 Å². The maximum absolute atomic E-state index is 11.8. The Bertz CT molecular complexity index is 582. The van der Waals surface area contributed by atoms with Gasteiger partial charge in [0.1, 0.15) is 16.9 Å². The van der Waals surface area contributed by atoms with Gasteiger partial charge in [-0.1, -0.05) is 51.3 Å². The van der Waals surface area contributed by atoms with Gasteiger partial charge in [-0.05, 0) is 29.8 Å². The van der Waals surface area contributed by atoms with Crippen molar-refractivity contribution in [2.24, 2.45) is 0 Å². The first kappa shape index (κ1) is 14.3. The highest BCUT2D eigenvalue weighted by molar-refractivity contribution is 9.10. The van der Waals surface area contributed by atoms with Crippen LogP contribution in [-0.2, 0) is 11.3 Å². The molecule has 0 saturated carbocycles. The minimum Gasteiger partial charge on any atom is -0.457 e. The zero-order valence-electron chi connectivity index (χ0n) is 9.57. The summed E-state index contributed by atoms with van der Waals surface area (Å²) in [6.07, 6.45) is 0. The zero-order valence-corrected chi connectivity index (χ0v) is 12.7. The van der Waals surface area contributed by atoms with Crippen LogP contribution in [0.3, 0.4) is 0 Å². The van der Waals surface area contributed by atoms with Crippen molar-refractivity contribution in [3.8, 4) is 0 Å². The molecular weight excluding hydrogens is 353 g/mol. The molecule has 2 aromatic rings. The van der Waals surface area contributed by atoms with Crippen molar-refractivity contribution < 1.29 is 9.53 Å². The van der Waals surface area contributed by atoms with Gasteiger partial charge in [0.25, 0.3) is 0 Å². The second-order valence-electron chi connectivity index (χ2n) is 3.70. The number of halogens is 3. The summed E-state index contributed by atoms with van der Waals surface area (Å²) in [5.74, 6) is -0.492. The maximum Gasteiger partial charge on any atom is 0.338 e. The number of carbonyl (C=O) groups is 1. The second kappa shape index (κ2) is 6.37. The molecule has 0 aliphatic heterocycles. The molecule has 6 heteroatoms. The first-order valence-corrected chi connectivity index (χ1v) is 6.84. The highest BCUT2D eigenvalue weighted by atomic mass is 79.9. The van der Waals surface area contributed by atoms with Crippen molar-refractivity contribution in [1.29, 1.82) is 0 Å². The number of ether oxygens (including phenoxy) is 1. The number of esters is 1. The molecule has 0 saturated heterocycles. The Hall–Kier alpha value is -1.10. The van der Waals surface area contributed by atoms with E-state index >= 15 is 0 Å². The van der Waals surface area contributed by atoms with E-state index in [0.717, 1.165) is 10.0 Å². The summed E-state index contributed by atoms with van der Waals surface area (Å²) in [5.41, 5.74) is 1.17. The van der Waals surface area contributed by atoms with Gasteiger partial charge in [-0.3, -0.25) is 0 Å². The average Bonchev–Trinajstić information content (AvgIpc) is 2.36. The van der Waals surface area contributed by atoms with Gasteiger partial charge >= 0.3 is 5.97 Å². The predicted octanol–water partition coefficient (Wildman–Crippen LogP) is 4.51. The van der Waals surface area contributed by atoms with E-state index in [1.54, 1.807) is 0 Å². The van der Waals surface area contributed by atoms with E-state index in [4.69, 9.17) is 27.9 Å². The fourth-order valence-corrected chi connectivity index (χ4v) is 2.12. The van der Waals surface area contributed by atoms with E-state index in [1.165, 1.54) is 12.1 Å². The normalized spacial score (nSPS) is 10.3. The second-order valence-corrected chi connectivity index (χ2v) is 5.39. The van der Waals surface area contributed by atoms with Crippen molar-refractivity contribution in [3.63, 3.8) is 0 Å². The molecule has 1 heterocycles. The summed E-state index contributed by atoms with van der Waals surface area (Å²) in [6.45, 7) is 0.184. The Balaban J connectivity index is 2.03. The van der Waals surface area contributed by atoms with Gasteiger partial charge in [0.2, 0.25) is 0 Å². The third kappa shape index (κ3) is 4.20. The lowest BCUT2D eigenvalue weighted by Crippen LogP contribution is -2.05. The van der Waals surface area contributed by atoms with Gasteiger partial charge in [0.05, 0.1) is 5.56 Å². The summed E-state index contributed by atoms with van der Waals surface area (Å²) < 4.78 is 6.13. The van der Waals surface area contributed by atoms with Gasteiger partial charge in [-0.15, -0.1) is 0 Å². The smallest absolute Gasteiger partial charge is 0.338 e. The number of nitrogens with zero attached hydrogens (tertiary/aromatic N) is 1. The number of pyridine rings is 1. The predicted molar refractivity (Wildman–Crippen MR) is 77.5 cm³/mol. The molecular formula is C13H8BrCl2NO2. The lowest BCUT2D eigenvalue weighted by Gasteiger charge is -2.05. The molecule has 0 radical (unpaired) electrons. The third-order valence-corrected chi connectivity index (χ3v) is 3.20. The van der Waals surface area contributed by atoms with Crippen LogP contribution in [0.15, 0.2) is 40.9 Å². The van der Waals surface area contributed by atoms with Crippen LogP contribution in [0.5, 0.6) is 0 Å². The molecule has 19 heavy (non-hydrogen) atoms. The molecule has 0 amide bonds. The minimum atomic E-state index is -0.492. The quantitative estimate of drug-likeness (QED) is 0.597. The van der Waals surface area contributed by atoms with Crippen molar-refractivity contribution >= 4 is 45.1 Å². The molecule has 1 aromatic carbocycles. The molecule has 0 unspecified atom stereocenters. The molecule has 98 valence electrons. The van der Waals surface area contributed by atoms with Crippen LogP contribution in [0.25, 0.3) is 0 Å². The van der Waals surface area contributed by atoms with Crippen LogP contribution in [0.4, 0.5) is 0 Å². The summed E-state index contributed by atoms with van der Waals surface area (Å²) in [7, 11) is 0. The Morgan fingerprint density at radius 2 is 1.74 bits per heavy atom. The van der Waals surface area contributed by atoms with Crippen LogP contribution in [0.1, 0.15) is 15.9 Å². The first-order valence-electron chi connectivity index (χ1n) is 5.29. The lowest BCUT2D eigenvalue weighted by atomic mass is 10.2. The Morgan fingerprint density at radius 1 is 1.16 bits per heavy atom. The molecule has 1 aromatic heterocycles. The molecule has 0 aliphatic carbocycles. The minimum absolute atomic E-state index is 0.156. The van der Waals surface area contributed by atoms with Gasteiger partial charge < -0.3 is 4.74 Å². The topological polar surface area (TPSA) is 39.2 Å². The number of hydrogen-bond donors (Lipinski definition) is 0. The average molecular weight is 361 g/mol. The van der Waals surface area contributed by atoms with Crippen molar-refractivity contribution in [3.05, 3.63) is 62.3 Å². The van der Waals surface area contributed by atoms with Crippen LogP contribution in [-0.4, -0.2) is 11.0 Å². The maximum atomic E-state index is 11.8. The number of hydrogen-bond acceptors (Lipinski definition) is 3. The number of carbonyl (C=O) groups excluding carboxylic acids is 1. The molecule has 0 fully saturated rings. The van der Waals surface area contributed by atoms with Crippen molar-refractivity contribution in [2.75, 3.05) is 0 Å². The number of aromatic nitrogens is 1. The monoisotopic (exact) mass is 359 g/mol. The molecule has 0 aliphatic rings. The molecule has 0 bridgehead atoms. The fraction of sp³-hybridized carbons (Fsp3) is 0.0769. The van der Waals surface area contributed by atoms with Crippen LogP contribution < -0.4 is 0 Å². The van der Waals surface area contributed by atoms with Crippen LogP contribution in [0, 0.1) is 0 Å². The Labute approximate surface area is 128 Å². The molecule has 0 spiro atoms. The molecule has 0 N–H and O–H groups in total. The largest absolute Gasteiger partial charge is 0.457 e. The first-order chi connectivity index (χ1) is 9.04. The number of rotatable bonds is 3. The SMILES string of the molecule is O=C(OCc1ccc(Br)cc1)c1cc(Cl)nc(Cl)c1. The lowest BCUT2D eigenvalue weighted by molar-refractivity contribution is 0.0472. The summed E-state index contributed by atoms with van der Waals surface area (Å²) >= 11 is 14.8. The van der Waals surface area contributed by atoms with Gasteiger partial charge in [-0.2, -0.15) is 0 Å². The van der Waals surface area contributed by atoms with E-state index in [1.807, 2.05) is 24.3 Å².